The van der Waals surface area contributed by atoms with Crippen molar-refractivity contribution in [2.45, 2.75) is 26.8 Å². The molecule has 1 aromatic rings. The fraction of sp³-hybridized carbons (Fsp3) is 0.462. The molecule has 1 atom stereocenters. The van der Waals surface area contributed by atoms with Gasteiger partial charge in [0.25, 0.3) is 0 Å². The molecule has 1 rings (SSSR count). The molecule has 0 saturated heterocycles. The van der Waals surface area contributed by atoms with Crippen LogP contribution in [0.4, 0.5) is 0 Å². The Morgan fingerprint density at radius 3 is 2.38 bits per heavy atom. The largest absolute Gasteiger partial charge is 0.466 e. The third kappa shape index (κ3) is 3.66. The maximum atomic E-state index is 11.4. The number of carbonyl (C=O) groups excluding carboxylic acids is 1. The number of hydrogen-bond donors (Lipinski definition) is 1. The quantitative estimate of drug-likeness (QED) is 0.772. The summed E-state index contributed by atoms with van der Waals surface area (Å²) in [7, 11) is 0. The van der Waals surface area contributed by atoms with Crippen molar-refractivity contribution in [3.8, 4) is 0 Å². The lowest BCUT2D eigenvalue weighted by atomic mass is 10.0. The molecule has 0 radical (unpaired) electrons. The maximum Gasteiger partial charge on any atom is 0.308 e. The Morgan fingerprint density at radius 2 is 1.88 bits per heavy atom. The van der Waals surface area contributed by atoms with Gasteiger partial charge in [-0.3, -0.25) is 4.79 Å². The number of rotatable bonds is 5. The van der Waals surface area contributed by atoms with Gasteiger partial charge in [0, 0.05) is 6.54 Å². The van der Waals surface area contributed by atoms with E-state index in [9.17, 15) is 4.79 Å². The average Bonchev–Trinajstić information content (AvgIpc) is 2.30. The summed E-state index contributed by atoms with van der Waals surface area (Å²) in [6, 6.07) is 8.01. The standard InChI is InChI=1S/C13H19NO2/c1-3-16-13(15)10(2)8-11-4-6-12(9-14)7-5-11/h4-7,10H,3,8-9,14H2,1-2H3/t10-/m1/s1. The first kappa shape index (κ1) is 12.7. The van der Waals surface area contributed by atoms with Crippen LogP contribution in [0, 0.1) is 5.92 Å². The fourth-order valence-corrected chi connectivity index (χ4v) is 1.53. The van der Waals surface area contributed by atoms with Crippen LogP contribution < -0.4 is 5.73 Å². The molecule has 1 aromatic carbocycles. The molecule has 0 aromatic heterocycles. The highest BCUT2D eigenvalue weighted by Gasteiger charge is 2.14. The van der Waals surface area contributed by atoms with Gasteiger partial charge >= 0.3 is 5.97 Å². The molecule has 0 aliphatic carbocycles. The van der Waals surface area contributed by atoms with Gasteiger partial charge in [0.2, 0.25) is 0 Å². The second-order valence-corrected chi connectivity index (χ2v) is 3.88. The Bertz CT molecular complexity index is 332. The summed E-state index contributed by atoms with van der Waals surface area (Å²) < 4.78 is 4.96. The molecule has 0 unspecified atom stereocenters. The highest BCUT2D eigenvalue weighted by molar-refractivity contribution is 5.72. The zero-order chi connectivity index (χ0) is 12.0. The molecular weight excluding hydrogens is 202 g/mol. The molecule has 88 valence electrons. The molecule has 0 amide bonds. The monoisotopic (exact) mass is 221 g/mol. The molecule has 0 bridgehead atoms. The van der Waals surface area contributed by atoms with Crippen LogP contribution >= 0.6 is 0 Å². The number of benzene rings is 1. The van der Waals surface area contributed by atoms with Gasteiger partial charge in [-0.1, -0.05) is 31.2 Å². The van der Waals surface area contributed by atoms with E-state index >= 15 is 0 Å². The van der Waals surface area contributed by atoms with Gasteiger partial charge in [-0.05, 0) is 24.5 Å². The minimum Gasteiger partial charge on any atom is -0.466 e. The normalized spacial score (nSPS) is 12.2. The lowest BCUT2D eigenvalue weighted by Crippen LogP contribution is -2.16. The van der Waals surface area contributed by atoms with Crippen LogP contribution in [0.15, 0.2) is 24.3 Å². The average molecular weight is 221 g/mol. The van der Waals surface area contributed by atoms with Crippen LogP contribution in [0.3, 0.4) is 0 Å². The molecule has 3 nitrogen and oxygen atoms in total. The first-order valence-electron chi connectivity index (χ1n) is 5.62. The van der Waals surface area contributed by atoms with Crippen molar-refractivity contribution in [3.63, 3.8) is 0 Å². The van der Waals surface area contributed by atoms with Crippen LogP contribution in [0.2, 0.25) is 0 Å². The van der Waals surface area contributed by atoms with Crippen molar-refractivity contribution in [1.29, 1.82) is 0 Å². The van der Waals surface area contributed by atoms with Crippen molar-refractivity contribution >= 4 is 5.97 Å². The summed E-state index contributed by atoms with van der Waals surface area (Å²) in [4.78, 5) is 11.4. The second-order valence-electron chi connectivity index (χ2n) is 3.88. The number of esters is 1. The number of carbonyl (C=O) groups is 1. The summed E-state index contributed by atoms with van der Waals surface area (Å²) in [6.07, 6.45) is 0.712. The predicted molar refractivity (Wildman–Crippen MR) is 63.8 cm³/mol. The molecule has 0 spiro atoms. The Morgan fingerprint density at radius 1 is 1.31 bits per heavy atom. The van der Waals surface area contributed by atoms with E-state index in [4.69, 9.17) is 10.5 Å². The van der Waals surface area contributed by atoms with E-state index in [-0.39, 0.29) is 11.9 Å². The predicted octanol–water partition coefficient (Wildman–Crippen LogP) is 1.89. The van der Waals surface area contributed by atoms with E-state index in [1.54, 1.807) is 0 Å². The summed E-state index contributed by atoms with van der Waals surface area (Å²) >= 11 is 0. The Balaban J connectivity index is 2.55. The molecule has 0 fully saturated rings. The van der Waals surface area contributed by atoms with Crippen molar-refractivity contribution in [2.24, 2.45) is 11.7 Å². The Kier molecular flexibility index (Phi) is 4.99. The topological polar surface area (TPSA) is 52.3 Å². The molecule has 0 aliphatic heterocycles. The maximum absolute atomic E-state index is 11.4. The Labute approximate surface area is 96.6 Å². The highest BCUT2D eigenvalue weighted by atomic mass is 16.5. The van der Waals surface area contributed by atoms with Gasteiger partial charge in [-0.15, -0.1) is 0 Å². The summed E-state index contributed by atoms with van der Waals surface area (Å²) in [5.74, 6) is -0.228. The molecular formula is C13H19NO2. The zero-order valence-electron chi connectivity index (χ0n) is 9.90. The Hall–Kier alpha value is -1.35. The first-order valence-corrected chi connectivity index (χ1v) is 5.62. The molecule has 0 saturated carbocycles. The van der Waals surface area contributed by atoms with Crippen molar-refractivity contribution < 1.29 is 9.53 Å². The third-order valence-electron chi connectivity index (χ3n) is 2.49. The van der Waals surface area contributed by atoms with Gasteiger partial charge in [0.05, 0.1) is 12.5 Å². The minimum atomic E-state index is -0.134. The van der Waals surface area contributed by atoms with Gasteiger partial charge in [-0.2, -0.15) is 0 Å². The van der Waals surface area contributed by atoms with Crippen molar-refractivity contribution in [2.75, 3.05) is 6.61 Å². The highest BCUT2D eigenvalue weighted by Crippen LogP contribution is 2.11. The van der Waals surface area contributed by atoms with E-state index in [1.807, 2.05) is 38.1 Å². The van der Waals surface area contributed by atoms with Crippen LogP contribution in [0.5, 0.6) is 0 Å². The van der Waals surface area contributed by atoms with E-state index in [2.05, 4.69) is 0 Å². The van der Waals surface area contributed by atoms with Gasteiger partial charge in [-0.25, -0.2) is 0 Å². The van der Waals surface area contributed by atoms with Crippen LogP contribution in [-0.2, 0) is 22.5 Å². The van der Waals surface area contributed by atoms with E-state index in [0.29, 0.717) is 19.6 Å². The van der Waals surface area contributed by atoms with Crippen LogP contribution in [0.25, 0.3) is 0 Å². The molecule has 16 heavy (non-hydrogen) atoms. The first-order chi connectivity index (χ1) is 7.67. The summed E-state index contributed by atoms with van der Waals surface area (Å²) in [6.45, 7) is 4.69. The lowest BCUT2D eigenvalue weighted by molar-refractivity contribution is -0.147. The van der Waals surface area contributed by atoms with Crippen molar-refractivity contribution in [1.82, 2.24) is 0 Å². The lowest BCUT2D eigenvalue weighted by Gasteiger charge is -2.10. The van der Waals surface area contributed by atoms with Gasteiger partial charge in [0.1, 0.15) is 0 Å². The van der Waals surface area contributed by atoms with Crippen molar-refractivity contribution in [3.05, 3.63) is 35.4 Å². The van der Waals surface area contributed by atoms with Crippen LogP contribution in [0.1, 0.15) is 25.0 Å². The molecule has 2 N–H and O–H groups in total. The van der Waals surface area contributed by atoms with E-state index in [1.165, 1.54) is 0 Å². The molecule has 3 heteroatoms. The molecule has 0 aliphatic rings. The van der Waals surface area contributed by atoms with Gasteiger partial charge in [0.15, 0.2) is 0 Å². The number of hydrogen-bond acceptors (Lipinski definition) is 3. The minimum absolute atomic E-state index is 0.0938. The molecule has 0 heterocycles. The van der Waals surface area contributed by atoms with E-state index in [0.717, 1.165) is 11.1 Å². The number of ether oxygens (including phenoxy) is 1. The third-order valence-corrected chi connectivity index (χ3v) is 2.49. The summed E-state index contributed by atoms with van der Waals surface area (Å²) in [5.41, 5.74) is 7.76. The second kappa shape index (κ2) is 6.28. The zero-order valence-corrected chi connectivity index (χ0v) is 9.90. The van der Waals surface area contributed by atoms with Gasteiger partial charge < -0.3 is 10.5 Å². The SMILES string of the molecule is CCOC(=O)[C@H](C)Cc1ccc(CN)cc1. The number of nitrogens with two attached hydrogens (primary N) is 1. The smallest absolute Gasteiger partial charge is 0.308 e. The fourth-order valence-electron chi connectivity index (χ4n) is 1.53. The summed E-state index contributed by atoms with van der Waals surface area (Å²) in [5, 5.41) is 0. The van der Waals surface area contributed by atoms with E-state index < -0.39 is 0 Å². The van der Waals surface area contributed by atoms with Crippen LogP contribution in [-0.4, -0.2) is 12.6 Å².